The third-order valence-corrected chi connectivity index (χ3v) is 5.19. The molecular formula is C18H23N5O3. The van der Waals surface area contributed by atoms with Crippen molar-refractivity contribution < 1.29 is 9.59 Å². The highest BCUT2D eigenvalue weighted by Gasteiger charge is 2.32. The van der Waals surface area contributed by atoms with E-state index in [-0.39, 0.29) is 30.3 Å². The number of imidazole rings is 1. The lowest BCUT2D eigenvalue weighted by atomic mass is 10.1. The van der Waals surface area contributed by atoms with Crippen molar-refractivity contribution in [1.29, 1.82) is 0 Å². The Balaban J connectivity index is 1.90. The predicted molar refractivity (Wildman–Crippen MR) is 98.9 cm³/mol. The van der Waals surface area contributed by atoms with E-state index in [0.29, 0.717) is 18.0 Å². The first-order chi connectivity index (χ1) is 12.5. The number of nitrogens with one attached hydrogen (secondary N) is 1. The van der Waals surface area contributed by atoms with Crippen LogP contribution in [0.2, 0.25) is 0 Å². The molecule has 2 aromatic rings. The van der Waals surface area contributed by atoms with E-state index in [1.807, 2.05) is 12.1 Å². The lowest BCUT2D eigenvalue weighted by Gasteiger charge is -2.34. The molecule has 8 heteroatoms. The molecule has 1 aromatic carbocycles. The Labute approximate surface area is 150 Å². The molecule has 0 saturated carbocycles. The standard InChI is InChI=1S/C18H23N5O3/c1-12-11-21(10-9-19-12)13-5-3-6-14-17(13)20(2)18(26)22(14)23-15(24)7-4-8-16(23)25/h3,5-6,12,19H,4,7-11H2,1-2H3/t12-/m0/s1. The highest BCUT2D eigenvalue weighted by molar-refractivity contribution is 6.11. The summed E-state index contributed by atoms with van der Waals surface area (Å²) in [7, 11) is 1.69. The number of anilines is 1. The number of imide groups is 1. The van der Waals surface area contributed by atoms with Gasteiger partial charge >= 0.3 is 5.69 Å². The van der Waals surface area contributed by atoms with E-state index < -0.39 is 0 Å². The second-order valence-electron chi connectivity index (χ2n) is 7.05. The SMILES string of the molecule is C[C@H]1CN(c2cccc3c2n(C)c(=O)n3N2C(=O)CCCC2=O)CCN1. The van der Waals surface area contributed by atoms with E-state index in [0.717, 1.165) is 35.8 Å². The van der Waals surface area contributed by atoms with Gasteiger partial charge in [0.05, 0.1) is 16.7 Å². The van der Waals surface area contributed by atoms with Gasteiger partial charge in [-0.1, -0.05) is 6.07 Å². The number of piperazine rings is 1. The van der Waals surface area contributed by atoms with Crippen LogP contribution in [0.5, 0.6) is 0 Å². The number of nitrogens with zero attached hydrogens (tertiary/aromatic N) is 4. The zero-order valence-corrected chi connectivity index (χ0v) is 15.1. The van der Waals surface area contributed by atoms with E-state index in [2.05, 4.69) is 17.1 Å². The van der Waals surface area contributed by atoms with Crippen molar-refractivity contribution in [1.82, 2.24) is 14.6 Å². The number of carbonyl (C=O) groups is 2. The number of hydrogen-bond donors (Lipinski definition) is 1. The molecule has 1 aromatic heterocycles. The number of para-hydroxylation sites is 1. The summed E-state index contributed by atoms with van der Waals surface area (Å²) in [4.78, 5) is 39.9. The van der Waals surface area contributed by atoms with Gasteiger partial charge in [0.25, 0.3) is 0 Å². The number of carbonyl (C=O) groups excluding carboxylic acids is 2. The molecule has 2 aliphatic heterocycles. The zero-order chi connectivity index (χ0) is 18.4. The minimum atomic E-state index is -0.376. The Morgan fingerprint density at radius 1 is 1.12 bits per heavy atom. The van der Waals surface area contributed by atoms with Gasteiger partial charge in [-0.25, -0.2) is 4.79 Å². The molecule has 138 valence electrons. The van der Waals surface area contributed by atoms with Gasteiger partial charge in [-0.15, -0.1) is 0 Å². The summed E-state index contributed by atoms with van der Waals surface area (Å²) in [6.45, 7) is 4.67. The Morgan fingerprint density at radius 3 is 2.54 bits per heavy atom. The van der Waals surface area contributed by atoms with Gasteiger partial charge in [0.15, 0.2) is 0 Å². The fourth-order valence-electron chi connectivity index (χ4n) is 3.94. The van der Waals surface area contributed by atoms with Gasteiger partial charge < -0.3 is 10.2 Å². The maximum Gasteiger partial charge on any atom is 0.348 e. The van der Waals surface area contributed by atoms with Crippen LogP contribution in [-0.4, -0.2) is 46.7 Å². The molecule has 4 rings (SSSR count). The smallest absolute Gasteiger partial charge is 0.348 e. The minimum Gasteiger partial charge on any atom is -0.367 e. The van der Waals surface area contributed by atoms with Crippen LogP contribution in [0.15, 0.2) is 23.0 Å². The Hall–Kier alpha value is -2.61. The molecule has 1 N–H and O–H groups in total. The topological polar surface area (TPSA) is 79.6 Å². The quantitative estimate of drug-likeness (QED) is 0.783. The fourth-order valence-corrected chi connectivity index (χ4v) is 3.94. The van der Waals surface area contributed by atoms with Gasteiger partial charge in [-0.2, -0.15) is 9.69 Å². The molecule has 2 fully saturated rings. The summed E-state index contributed by atoms with van der Waals surface area (Å²) < 4.78 is 2.78. The third kappa shape index (κ3) is 2.52. The summed E-state index contributed by atoms with van der Waals surface area (Å²) in [5.74, 6) is -0.644. The lowest BCUT2D eigenvalue weighted by Crippen LogP contribution is -2.52. The molecule has 2 aliphatic rings. The highest BCUT2D eigenvalue weighted by atomic mass is 16.2. The van der Waals surface area contributed by atoms with Crippen LogP contribution in [0.1, 0.15) is 26.2 Å². The third-order valence-electron chi connectivity index (χ3n) is 5.19. The number of amides is 2. The summed E-state index contributed by atoms with van der Waals surface area (Å²) >= 11 is 0. The van der Waals surface area contributed by atoms with Gasteiger partial charge in [-0.05, 0) is 25.5 Å². The van der Waals surface area contributed by atoms with E-state index >= 15 is 0 Å². The van der Waals surface area contributed by atoms with Gasteiger partial charge in [0, 0.05) is 45.6 Å². The van der Waals surface area contributed by atoms with E-state index in [1.165, 1.54) is 9.24 Å². The maximum atomic E-state index is 12.9. The normalized spacial score (nSPS) is 21.7. The van der Waals surface area contributed by atoms with Crippen molar-refractivity contribution in [3.05, 3.63) is 28.7 Å². The predicted octanol–water partition coefficient (Wildman–Crippen LogP) is 0.313. The molecule has 0 aliphatic carbocycles. The second kappa shape index (κ2) is 6.28. The summed E-state index contributed by atoms with van der Waals surface area (Å²) in [6.07, 6.45) is 1.10. The van der Waals surface area contributed by atoms with Crippen LogP contribution < -0.4 is 20.9 Å². The Morgan fingerprint density at radius 2 is 1.85 bits per heavy atom. The number of hydrogen-bond acceptors (Lipinski definition) is 5. The van der Waals surface area contributed by atoms with Crippen molar-refractivity contribution in [2.45, 2.75) is 32.2 Å². The largest absolute Gasteiger partial charge is 0.367 e. The van der Waals surface area contributed by atoms with Crippen LogP contribution in [0.25, 0.3) is 11.0 Å². The summed E-state index contributed by atoms with van der Waals surface area (Å²) in [5, 5.41) is 4.44. The van der Waals surface area contributed by atoms with Crippen molar-refractivity contribution in [2.75, 3.05) is 29.5 Å². The number of rotatable bonds is 2. The maximum absolute atomic E-state index is 12.9. The molecule has 8 nitrogen and oxygen atoms in total. The molecule has 0 radical (unpaired) electrons. The average molecular weight is 357 g/mol. The molecule has 0 bridgehead atoms. The van der Waals surface area contributed by atoms with Gasteiger partial charge in [0.2, 0.25) is 11.8 Å². The van der Waals surface area contributed by atoms with Gasteiger partial charge in [0.1, 0.15) is 0 Å². The lowest BCUT2D eigenvalue weighted by molar-refractivity contribution is -0.131. The van der Waals surface area contributed by atoms with Crippen molar-refractivity contribution in [2.24, 2.45) is 7.05 Å². The first kappa shape index (κ1) is 16.8. The summed E-state index contributed by atoms with van der Waals surface area (Å²) in [6, 6.07) is 6.01. The van der Waals surface area contributed by atoms with Crippen molar-refractivity contribution >= 4 is 28.5 Å². The van der Waals surface area contributed by atoms with Crippen molar-refractivity contribution in [3.8, 4) is 0 Å². The Bertz CT molecular complexity index is 928. The number of piperidine rings is 1. The number of aromatic nitrogens is 2. The molecule has 3 heterocycles. The van der Waals surface area contributed by atoms with Crippen LogP contribution in [0.3, 0.4) is 0 Å². The van der Waals surface area contributed by atoms with Crippen LogP contribution in [-0.2, 0) is 16.6 Å². The number of aryl methyl sites for hydroxylation is 1. The second-order valence-corrected chi connectivity index (χ2v) is 7.05. The van der Waals surface area contributed by atoms with Crippen molar-refractivity contribution in [3.63, 3.8) is 0 Å². The zero-order valence-electron chi connectivity index (χ0n) is 15.1. The number of benzene rings is 1. The van der Waals surface area contributed by atoms with Gasteiger partial charge in [-0.3, -0.25) is 14.2 Å². The van der Waals surface area contributed by atoms with E-state index in [4.69, 9.17) is 0 Å². The first-order valence-electron chi connectivity index (χ1n) is 9.04. The van der Waals surface area contributed by atoms with E-state index in [1.54, 1.807) is 13.1 Å². The molecule has 1 atom stereocenters. The van der Waals surface area contributed by atoms with Crippen LogP contribution >= 0.6 is 0 Å². The monoisotopic (exact) mass is 357 g/mol. The molecule has 26 heavy (non-hydrogen) atoms. The average Bonchev–Trinajstić information content (AvgIpc) is 2.87. The van der Waals surface area contributed by atoms with E-state index in [9.17, 15) is 14.4 Å². The number of fused-ring (bicyclic) bond motifs is 1. The molecule has 0 spiro atoms. The minimum absolute atomic E-state index is 0.281. The molecule has 2 saturated heterocycles. The first-order valence-corrected chi connectivity index (χ1v) is 9.04. The molecular weight excluding hydrogens is 334 g/mol. The molecule has 0 unspecified atom stereocenters. The molecule has 2 amide bonds. The van der Waals surface area contributed by atoms with Crippen LogP contribution in [0, 0.1) is 0 Å². The summed E-state index contributed by atoms with van der Waals surface area (Å²) in [5.41, 5.74) is 1.91. The highest BCUT2D eigenvalue weighted by Crippen LogP contribution is 2.27. The Kier molecular flexibility index (Phi) is 4.07. The fraction of sp³-hybridized carbons (Fsp3) is 0.500. The van der Waals surface area contributed by atoms with Crippen LogP contribution in [0.4, 0.5) is 5.69 Å².